The molecule has 1 atom stereocenters. The van der Waals surface area contributed by atoms with Crippen LogP contribution in [0, 0.1) is 0 Å². The summed E-state index contributed by atoms with van der Waals surface area (Å²) in [4.78, 5) is 28.1. The number of hydrogen-bond donors (Lipinski definition) is 2. The summed E-state index contributed by atoms with van der Waals surface area (Å²) in [6, 6.07) is 6.04. The second-order valence-corrected chi connectivity index (χ2v) is 8.19. The second-order valence-electron chi connectivity index (χ2n) is 8.19. The Hall–Kier alpha value is -2.22. The Bertz CT molecular complexity index is 706. The van der Waals surface area contributed by atoms with Gasteiger partial charge >= 0.3 is 12.6 Å². The molecule has 2 heterocycles. The number of halogens is 2. The molecule has 0 aromatic heterocycles. The SMILES string of the molecule is C[C@@]1(CCc2ccc(OC(F)F)cc2)NC(=O)N(C[NH+]2CCCCCCC2)C1=O. The Morgan fingerprint density at radius 2 is 1.72 bits per heavy atom. The third-order valence-corrected chi connectivity index (χ3v) is 5.85. The van der Waals surface area contributed by atoms with Gasteiger partial charge in [-0.1, -0.05) is 18.6 Å². The van der Waals surface area contributed by atoms with Crippen molar-refractivity contribution in [3.05, 3.63) is 29.8 Å². The highest BCUT2D eigenvalue weighted by molar-refractivity contribution is 6.06. The average Bonchev–Trinajstić information content (AvgIpc) is 2.86. The first-order valence-corrected chi connectivity index (χ1v) is 10.4. The molecule has 29 heavy (non-hydrogen) atoms. The van der Waals surface area contributed by atoms with Crippen LogP contribution in [0.5, 0.6) is 5.75 Å². The molecule has 3 rings (SSSR count). The van der Waals surface area contributed by atoms with Gasteiger partial charge in [0.1, 0.15) is 11.3 Å². The molecule has 1 aromatic carbocycles. The van der Waals surface area contributed by atoms with Crippen LogP contribution in [0.4, 0.5) is 13.6 Å². The van der Waals surface area contributed by atoms with Gasteiger partial charge in [-0.2, -0.15) is 8.78 Å². The third-order valence-electron chi connectivity index (χ3n) is 5.85. The summed E-state index contributed by atoms with van der Waals surface area (Å²) in [6.07, 6.45) is 6.93. The van der Waals surface area contributed by atoms with E-state index in [4.69, 9.17) is 0 Å². The molecule has 0 spiro atoms. The molecule has 0 saturated carbocycles. The lowest BCUT2D eigenvalue weighted by Gasteiger charge is -2.26. The van der Waals surface area contributed by atoms with Crippen LogP contribution in [-0.2, 0) is 11.2 Å². The fraction of sp³-hybridized carbons (Fsp3) is 0.619. The van der Waals surface area contributed by atoms with Gasteiger partial charge in [-0.05, 0) is 63.1 Å². The number of nitrogens with zero attached hydrogens (tertiary/aromatic N) is 1. The van der Waals surface area contributed by atoms with Crippen LogP contribution in [0.3, 0.4) is 0 Å². The predicted octanol–water partition coefficient (Wildman–Crippen LogP) is 2.34. The maximum atomic E-state index is 13.0. The fourth-order valence-electron chi connectivity index (χ4n) is 4.08. The van der Waals surface area contributed by atoms with E-state index < -0.39 is 12.2 Å². The van der Waals surface area contributed by atoms with Crippen LogP contribution in [0.1, 0.15) is 51.0 Å². The van der Waals surface area contributed by atoms with Crippen LogP contribution in [0.25, 0.3) is 0 Å². The van der Waals surface area contributed by atoms with Gasteiger partial charge in [0.05, 0.1) is 13.1 Å². The van der Waals surface area contributed by atoms with Gasteiger partial charge in [0, 0.05) is 0 Å². The second kappa shape index (κ2) is 9.52. The Morgan fingerprint density at radius 3 is 2.34 bits per heavy atom. The summed E-state index contributed by atoms with van der Waals surface area (Å²) in [5, 5.41) is 2.86. The van der Waals surface area contributed by atoms with E-state index in [1.54, 1.807) is 19.1 Å². The van der Waals surface area contributed by atoms with Crippen LogP contribution < -0.4 is 15.0 Å². The number of carbonyl (C=O) groups is 2. The van der Waals surface area contributed by atoms with Crippen molar-refractivity contribution in [1.82, 2.24) is 10.2 Å². The molecule has 2 fully saturated rings. The van der Waals surface area contributed by atoms with E-state index in [1.807, 2.05) is 0 Å². The molecule has 0 aliphatic carbocycles. The Kier molecular flexibility index (Phi) is 7.05. The highest BCUT2D eigenvalue weighted by atomic mass is 19.3. The minimum Gasteiger partial charge on any atom is -0.435 e. The number of hydrogen-bond acceptors (Lipinski definition) is 3. The highest BCUT2D eigenvalue weighted by Gasteiger charge is 2.48. The van der Waals surface area contributed by atoms with Crippen LogP contribution in [0.15, 0.2) is 24.3 Å². The molecule has 0 unspecified atom stereocenters. The van der Waals surface area contributed by atoms with Crippen LogP contribution in [-0.4, -0.2) is 48.7 Å². The standard InChI is InChI=1S/C21H29F2N3O3/c1-21(12-11-16-7-9-17(10-8-16)29-19(22)23)18(27)26(20(28)24-21)15-25-13-5-3-2-4-6-14-25/h7-10,19H,2-6,11-15H2,1H3,(H,24,28)/p+1/t21-/m0/s1. The summed E-state index contributed by atoms with van der Waals surface area (Å²) in [5.74, 6) is -0.0858. The number of likely N-dealkylation sites (tertiary alicyclic amines) is 1. The molecular weight excluding hydrogens is 380 g/mol. The number of quaternary nitrogens is 1. The highest BCUT2D eigenvalue weighted by Crippen LogP contribution is 2.24. The van der Waals surface area contributed by atoms with Crippen molar-refractivity contribution in [1.29, 1.82) is 0 Å². The number of alkyl halides is 2. The van der Waals surface area contributed by atoms with Crippen LogP contribution in [0.2, 0.25) is 0 Å². The molecule has 0 radical (unpaired) electrons. The Morgan fingerprint density at radius 1 is 1.10 bits per heavy atom. The van der Waals surface area contributed by atoms with E-state index in [2.05, 4.69) is 10.1 Å². The lowest BCUT2D eigenvalue weighted by Crippen LogP contribution is -3.13. The van der Waals surface area contributed by atoms with E-state index in [0.717, 1.165) is 31.5 Å². The first-order valence-electron chi connectivity index (χ1n) is 10.4. The van der Waals surface area contributed by atoms with Gasteiger partial charge in [0.25, 0.3) is 5.91 Å². The van der Waals surface area contributed by atoms with Crippen molar-refractivity contribution in [2.75, 3.05) is 19.8 Å². The number of urea groups is 1. The normalized spacial score (nSPS) is 23.8. The monoisotopic (exact) mass is 410 g/mol. The largest absolute Gasteiger partial charge is 0.435 e. The number of nitrogens with one attached hydrogen (secondary N) is 2. The van der Waals surface area contributed by atoms with Crippen molar-refractivity contribution >= 4 is 11.9 Å². The van der Waals surface area contributed by atoms with E-state index >= 15 is 0 Å². The quantitative estimate of drug-likeness (QED) is 0.679. The van der Waals surface area contributed by atoms with Gasteiger partial charge in [-0.3, -0.25) is 4.79 Å². The van der Waals surface area contributed by atoms with Crippen molar-refractivity contribution in [2.24, 2.45) is 0 Å². The Balaban J connectivity index is 1.56. The molecule has 2 saturated heterocycles. The molecule has 8 heteroatoms. The summed E-state index contributed by atoms with van der Waals surface area (Å²) in [6.45, 7) is 1.29. The third kappa shape index (κ3) is 5.65. The van der Waals surface area contributed by atoms with Gasteiger partial charge in [0.15, 0.2) is 6.67 Å². The Labute approximate surface area is 170 Å². The number of rotatable bonds is 7. The maximum Gasteiger partial charge on any atom is 0.387 e. The summed E-state index contributed by atoms with van der Waals surface area (Å²) < 4.78 is 28.8. The number of aryl methyl sites for hydroxylation is 1. The number of imide groups is 1. The minimum absolute atomic E-state index is 0.0996. The molecule has 2 aliphatic rings. The molecular formula is C21H30F2N3O3+. The average molecular weight is 410 g/mol. The molecule has 1 aromatic rings. The van der Waals surface area contributed by atoms with E-state index in [0.29, 0.717) is 19.5 Å². The lowest BCUT2D eigenvalue weighted by atomic mass is 9.93. The zero-order valence-corrected chi connectivity index (χ0v) is 16.9. The van der Waals surface area contributed by atoms with Gasteiger partial charge < -0.3 is 15.0 Å². The smallest absolute Gasteiger partial charge is 0.387 e. The van der Waals surface area contributed by atoms with Crippen molar-refractivity contribution in [3.63, 3.8) is 0 Å². The molecule has 160 valence electrons. The minimum atomic E-state index is -2.85. The molecule has 6 nitrogen and oxygen atoms in total. The van der Waals surface area contributed by atoms with Crippen molar-refractivity contribution < 1.29 is 28.0 Å². The van der Waals surface area contributed by atoms with Gasteiger partial charge in [-0.15, -0.1) is 0 Å². The number of ether oxygens (including phenoxy) is 1. The summed E-state index contributed by atoms with van der Waals surface area (Å²) in [5.41, 5.74) is -0.0556. The molecule has 2 N–H and O–H groups in total. The first-order chi connectivity index (χ1) is 13.9. The number of amides is 3. The van der Waals surface area contributed by atoms with E-state index in [9.17, 15) is 18.4 Å². The fourth-order valence-corrected chi connectivity index (χ4v) is 4.08. The van der Waals surface area contributed by atoms with Gasteiger partial charge in [0.2, 0.25) is 0 Å². The van der Waals surface area contributed by atoms with E-state index in [-0.39, 0.29) is 17.7 Å². The van der Waals surface area contributed by atoms with Gasteiger partial charge in [-0.25, -0.2) is 9.69 Å². The van der Waals surface area contributed by atoms with Crippen molar-refractivity contribution in [3.8, 4) is 5.75 Å². The summed E-state index contributed by atoms with van der Waals surface area (Å²) in [7, 11) is 0. The molecule has 2 aliphatic heterocycles. The topological polar surface area (TPSA) is 63.1 Å². The molecule has 0 bridgehead atoms. The van der Waals surface area contributed by atoms with E-state index in [1.165, 1.54) is 41.2 Å². The molecule has 3 amide bonds. The van der Waals surface area contributed by atoms with Crippen LogP contribution >= 0.6 is 0 Å². The maximum absolute atomic E-state index is 13.0. The summed E-state index contributed by atoms with van der Waals surface area (Å²) >= 11 is 0. The predicted molar refractivity (Wildman–Crippen MR) is 104 cm³/mol. The zero-order chi connectivity index (χ0) is 20.9. The lowest BCUT2D eigenvalue weighted by molar-refractivity contribution is -0.908. The number of carbonyl (C=O) groups excluding carboxylic acids is 2. The zero-order valence-electron chi connectivity index (χ0n) is 16.9. The first kappa shape index (κ1) is 21.5. The number of benzene rings is 1. The van der Waals surface area contributed by atoms with Crippen molar-refractivity contribution in [2.45, 2.75) is 64.0 Å².